The molecule has 0 atom stereocenters. The van der Waals surface area contributed by atoms with Gasteiger partial charge >= 0.3 is 5.97 Å². The van der Waals surface area contributed by atoms with Crippen LogP contribution in [0.25, 0.3) is 0 Å². The maximum absolute atomic E-state index is 12.1. The maximum Gasteiger partial charge on any atom is 0.333 e. The van der Waals surface area contributed by atoms with Crippen LogP contribution in [-0.2, 0) is 22.4 Å². The average molecular weight is 322 g/mol. The van der Waals surface area contributed by atoms with Crippen LogP contribution in [0.5, 0.6) is 0 Å². The molecule has 0 unspecified atom stereocenters. The summed E-state index contributed by atoms with van der Waals surface area (Å²) in [6.45, 7) is 2.27. The van der Waals surface area contributed by atoms with Crippen LogP contribution in [-0.4, -0.2) is 12.6 Å². The number of carbonyl (C=O) groups is 1. The molecule has 0 aliphatic rings. The molecule has 24 heavy (non-hydrogen) atoms. The number of hydrogen-bond acceptors (Lipinski definition) is 2. The van der Waals surface area contributed by atoms with E-state index in [2.05, 4.69) is 42.5 Å². The summed E-state index contributed by atoms with van der Waals surface area (Å²) in [7, 11) is 0. The highest BCUT2D eigenvalue weighted by molar-refractivity contribution is 5.88. The van der Waals surface area contributed by atoms with Crippen molar-refractivity contribution in [1.82, 2.24) is 0 Å². The zero-order valence-electron chi connectivity index (χ0n) is 14.4. The molecule has 126 valence electrons. The molecule has 2 nitrogen and oxygen atoms in total. The van der Waals surface area contributed by atoms with Crippen LogP contribution < -0.4 is 0 Å². The third-order valence-electron chi connectivity index (χ3n) is 3.96. The van der Waals surface area contributed by atoms with Crippen molar-refractivity contribution in [2.75, 3.05) is 6.61 Å². The van der Waals surface area contributed by atoms with Gasteiger partial charge in [0.2, 0.25) is 0 Å². The lowest BCUT2D eigenvalue weighted by Gasteiger charge is -2.08. The van der Waals surface area contributed by atoms with E-state index in [-0.39, 0.29) is 5.97 Å². The van der Waals surface area contributed by atoms with Gasteiger partial charge in [0.05, 0.1) is 6.61 Å². The summed E-state index contributed by atoms with van der Waals surface area (Å²) in [5, 5.41) is 0. The minimum atomic E-state index is -0.168. The molecule has 0 bridgehead atoms. The summed E-state index contributed by atoms with van der Waals surface area (Å²) >= 11 is 0. The maximum atomic E-state index is 12.1. The van der Waals surface area contributed by atoms with Gasteiger partial charge in [-0.2, -0.15) is 0 Å². The smallest absolute Gasteiger partial charge is 0.333 e. The van der Waals surface area contributed by atoms with Gasteiger partial charge in [-0.25, -0.2) is 4.79 Å². The molecule has 0 amide bonds. The van der Waals surface area contributed by atoms with E-state index in [1.165, 1.54) is 11.1 Å². The number of aryl methyl sites for hydroxylation is 2. The second kappa shape index (κ2) is 10.4. The van der Waals surface area contributed by atoms with Crippen LogP contribution in [0.3, 0.4) is 0 Å². The molecular weight excluding hydrogens is 296 g/mol. The standard InChI is InChI=1S/C22H26O2/c1-2-24-22(23)21(17-9-15-19-11-5-3-6-12-19)18-10-16-20-13-7-4-8-14-20/h3-8,11-14,17H,2,9-10,15-16,18H2,1H3/b21-17+. The number of ether oxygens (including phenoxy) is 1. The molecule has 0 saturated heterocycles. The van der Waals surface area contributed by atoms with Gasteiger partial charge in [0, 0.05) is 5.57 Å². The SMILES string of the molecule is CCOC(=O)/C(=C/CCc1ccccc1)CCCc1ccccc1. The third kappa shape index (κ3) is 6.41. The molecule has 2 aromatic carbocycles. The van der Waals surface area contributed by atoms with Gasteiger partial charge in [-0.3, -0.25) is 0 Å². The van der Waals surface area contributed by atoms with Gasteiger partial charge in [0.25, 0.3) is 0 Å². The Kier molecular flexibility index (Phi) is 7.82. The van der Waals surface area contributed by atoms with Crippen LogP contribution in [0, 0.1) is 0 Å². The van der Waals surface area contributed by atoms with Crippen LogP contribution >= 0.6 is 0 Å². The van der Waals surface area contributed by atoms with Crippen molar-refractivity contribution >= 4 is 5.97 Å². The fourth-order valence-corrected chi connectivity index (χ4v) is 2.70. The Balaban J connectivity index is 1.88. The molecule has 0 aliphatic carbocycles. The molecule has 0 spiro atoms. The predicted octanol–water partition coefficient (Wildman–Crippen LogP) is 5.13. The Morgan fingerprint density at radius 3 is 2.08 bits per heavy atom. The quantitative estimate of drug-likeness (QED) is 0.472. The lowest BCUT2D eigenvalue weighted by atomic mass is 10.0. The van der Waals surface area contributed by atoms with E-state index in [1.807, 2.05) is 31.2 Å². The van der Waals surface area contributed by atoms with E-state index in [9.17, 15) is 4.79 Å². The number of esters is 1. The van der Waals surface area contributed by atoms with Crippen LogP contribution in [0.15, 0.2) is 72.3 Å². The molecule has 0 heterocycles. The zero-order valence-corrected chi connectivity index (χ0v) is 14.4. The second-order valence-corrected chi connectivity index (χ2v) is 5.81. The minimum Gasteiger partial charge on any atom is -0.463 e. The first-order valence-corrected chi connectivity index (χ1v) is 8.73. The first-order chi connectivity index (χ1) is 11.8. The van der Waals surface area contributed by atoms with Crippen molar-refractivity contribution < 1.29 is 9.53 Å². The number of carbonyl (C=O) groups excluding carboxylic acids is 1. The Labute approximate surface area is 145 Å². The molecule has 0 saturated carbocycles. The highest BCUT2D eigenvalue weighted by Gasteiger charge is 2.10. The van der Waals surface area contributed by atoms with Gasteiger partial charge < -0.3 is 4.74 Å². The van der Waals surface area contributed by atoms with Crippen molar-refractivity contribution in [2.24, 2.45) is 0 Å². The molecule has 2 rings (SSSR count). The van der Waals surface area contributed by atoms with Crippen molar-refractivity contribution in [3.8, 4) is 0 Å². The summed E-state index contributed by atoms with van der Waals surface area (Å²) in [5.74, 6) is -0.168. The van der Waals surface area contributed by atoms with Gasteiger partial charge in [-0.15, -0.1) is 0 Å². The Bertz CT molecular complexity index is 630. The van der Waals surface area contributed by atoms with Gasteiger partial charge in [-0.1, -0.05) is 66.7 Å². The van der Waals surface area contributed by atoms with E-state index >= 15 is 0 Å². The van der Waals surface area contributed by atoms with Crippen LogP contribution in [0.4, 0.5) is 0 Å². The number of rotatable bonds is 9. The summed E-state index contributed by atoms with van der Waals surface area (Å²) in [6, 6.07) is 20.7. The topological polar surface area (TPSA) is 26.3 Å². The highest BCUT2D eigenvalue weighted by atomic mass is 16.5. The van der Waals surface area contributed by atoms with E-state index in [1.54, 1.807) is 0 Å². The second-order valence-electron chi connectivity index (χ2n) is 5.81. The largest absolute Gasteiger partial charge is 0.463 e. The summed E-state index contributed by atoms with van der Waals surface area (Å²) in [5.41, 5.74) is 3.41. The Morgan fingerprint density at radius 2 is 1.50 bits per heavy atom. The van der Waals surface area contributed by atoms with E-state index < -0.39 is 0 Å². The van der Waals surface area contributed by atoms with Crippen molar-refractivity contribution in [3.05, 3.63) is 83.4 Å². The van der Waals surface area contributed by atoms with Crippen LogP contribution in [0.2, 0.25) is 0 Å². The molecule has 0 aliphatic heterocycles. The molecule has 2 heteroatoms. The molecule has 0 fully saturated rings. The zero-order chi connectivity index (χ0) is 17.0. The molecule has 0 N–H and O–H groups in total. The van der Waals surface area contributed by atoms with Gasteiger partial charge in [0.15, 0.2) is 0 Å². The summed E-state index contributed by atoms with van der Waals surface area (Å²) in [4.78, 5) is 12.1. The van der Waals surface area contributed by atoms with Crippen LogP contribution in [0.1, 0.15) is 37.3 Å². The highest BCUT2D eigenvalue weighted by Crippen LogP contribution is 2.14. The van der Waals surface area contributed by atoms with Gasteiger partial charge in [-0.05, 0) is 50.2 Å². The van der Waals surface area contributed by atoms with Crippen molar-refractivity contribution in [1.29, 1.82) is 0 Å². The van der Waals surface area contributed by atoms with E-state index in [0.717, 1.165) is 37.7 Å². The monoisotopic (exact) mass is 322 g/mol. The molecule has 2 aromatic rings. The normalized spacial score (nSPS) is 11.3. The average Bonchev–Trinajstić information content (AvgIpc) is 2.62. The molecule has 0 radical (unpaired) electrons. The third-order valence-corrected chi connectivity index (χ3v) is 3.96. The summed E-state index contributed by atoms with van der Waals surface area (Å²) < 4.78 is 5.20. The Hall–Kier alpha value is -2.35. The van der Waals surface area contributed by atoms with E-state index in [0.29, 0.717) is 6.61 Å². The van der Waals surface area contributed by atoms with E-state index in [4.69, 9.17) is 4.74 Å². The van der Waals surface area contributed by atoms with Crippen molar-refractivity contribution in [2.45, 2.75) is 39.0 Å². The first-order valence-electron chi connectivity index (χ1n) is 8.73. The lowest BCUT2D eigenvalue weighted by Crippen LogP contribution is -2.08. The fraction of sp³-hybridized carbons (Fsp3) is 0.318. The number of allylic oxidation sites excluding steroid dienone is 1. The summed E-state index contributed by atoms with van der Waals surface area (Å²) in [6.07, 6.45) is 6.57. The lowest BCUT2D eigenvalue weighted by molar-refractivity contribution is -0.138. The molecular formula is C22H26O2. The number of benzene rings is 2. The minimum absolute atomic E-state index is 0.168. The van der Waals surface area contributed by atoms with Crippen molar-refractivity contribution in [3.63, 3.8) is 0 Å². The fourth-order valence-electron chi connectivity index (χ4n) is 2.70. The first kappa shape index (κ1) is 18.0. The predicted molar refractivity (Wildman–Crippen MR) is 98.9 cm³/mol. The molecule has 0 aromatic heterocycles. The van der Waals surface area contributed by atoms with Gasteiger partial charge in [0.1, 0.15) is 0 Å². The Morgan fingerprint density at radius 1 is 0.917 bits per heavy atom. The number of hydrogen-bond donors (Lipinski definition) is 0.